The van der Waals surface area contributed by atoms with Crippen LogP contribution in [0.2, 0.25) is 0 Å². The Kier molecular flexibility index (Phi) is 8.24. The molecular formula is C19H33N7+2. The van der Waals surface area contributed by atoms with Gasteiger partial charge in [0.25, 0.3) is 0 Å². The van der Waals surface area contributed by atoms with E-state index >= 15 is 0 Å². The predicted octanol–water partition coefficient (Wildman–Crippen LogP) is 1.80. The fraction of sp³-hybridized carbons (Fsp3) is 0.526. The lowest BCUT2D eigenvalue weighted by Gasteiger charge is -2.18. The van der Waals surface area contributed by atoms with Gasteiger partial charge in [0, 0.05) is 30.8 Å². The monoisotopic (exact) mass is 359 g/mol. The maximum atomic E-state index is 4.47. The van der Waals surface area contributed by atoms with Crippen LogP contribution in [0.3, 0.4) is 0 Å². The molecule has 1 aromatic carbocycles. The Morgan fingerprint density at radius 3 is 2.62 bits per heavy atom. The Balaban J connectivity index is 1.99. The highest BCUT2D eigenvalue weighted by Crippen LogP contribution is 2.21. The first kappa shape index (κ1) is 20.1. The molecule has 0 aliphatic carbocycles. The lowest BCUT2D eigenvalue weighted by Crippen LogP contribution is -2.51. The lowest BCUT2D eigenvalue weighted by molar-refractivity contribution is -0.657. The van der Waals surface area contributed by atoms with Crippen LogP contribution in [0.15, 0.2) is 46.9 Å². The molecule has 0 radical (unpaired) electrons. The van der Waals surface area contributed by atoms with Crippen molar-refractivity contribution in [1.82, 2.24) is 9.88 Å². The van der Waals surface area contributed by atoms with Gasteiger partial charge in [-0.3, -0.25) is 0 Å². The van der Waals surface area contributed by atoms with E-state index < -0.39 is 0 Å². The van der Waals surface area contributed by atoms with Crippen LogP contribution in [0.1, 0.15) is 19.3 Å². The molecule has 0 bridgehead atoms. The Morgan fingerprint density at radius 1 is 1.15 bits per heavy atom. The summed E-state index contributed by atoms with van der Waals surface area (Å²) in [5, 5.41) is 12.1. The molecule has 1 heterocycles. The highest BCUT2D eigenvalue weighted by atomic mass is 15.3. The molecule has 4 N–H and O–H groups in total. The van der Waals surface area contributed by atoms with Crippen LogP contribution in [0.5, 0.6) is 0 Å². The van der Waals surface area contributed by atoms with Crippen LogP contribution in [0.4, 0.5) is 17.3 Å². The van der Waals surface area contributed by atoms with E-state index in [0.29, 0.717) is 0 Å². The molecule has 7 nitrogen and oxygen atoms in total. The molecular weight excluding hydrogens is 326 g/mol. The molecule has 1 aromatic heterocycles. The fourth-order valence-corrected chi connectivity index (χ4v) is 2.76. The first-order valence-electron chi connectivity index (χ1n) is 9.37. The Morgan fingerprint density at radius 2 is 1.92 bits per heavy atom. The number of hydrogen-bond acceptors (Lipinski definition) is 4. The van der Waals surface area contributed by atoms with E-state index in [2.05, 4.69) is 56.1 Å². The maximum absolute atomic E-state index is 4.47. The summed E-state index contributed by atoms with van der Waals surface area (Å²) in [4.78, 5) is 2.24. The van der Waals surface area contributed by atoms with Crippen LogP contribution in [0, 0.1) is 0 Å². The lowest BCUT2D eigenvalue weighted by atomic mass is 10.2. The van der Waals surface area contributed by atoms with E-state index in [1.165, 1.54) is 5.69 Å². The molecule has 26 heavy (non-hydrogen) atoms. The number of azo groups is 1. The van der Waals surface area contributed by atoms with Crippen LogP contribution in [-0.4, -0.2) is 38.3 Å². The van der Waals surface area contributed by atoms with Crippen molar-refractivity contribution in [2.24, 2.45) is 17.3 Å². The molecule has 0 saturated heterocycles. The fourth-order valence-electron chi connectivity index (χ4n) is 2.76. The number of unbranched alkanes of at least 4 members (excludes halogenated alkanes) is 1. The summed E-state index contributed by atoms with van der Waals surface area (Å²) in [6.07, 6.45) is 7.45. The van der Waals surface area contributed by atoms with Gasteiger partial charge >= 0.3 is 5.95 Å². The molecule has 2 rings (SSSR count). The van der Waals surface area contributed by atoms with Crippen molar-refractivity contribution in [3.63, 3.8) is 0 Å². The number of benzene rings is 1. The Hall–Kier alpha value is -2.25. The van der Waals surface area contributed by atoms with Gasteiger partial charge in [0.2, 0.25) is 0 Å². The van der Waals surface area contributed by atoms with Crippen molar-refractivity contribution in [1.29, 1.82) is 0 Å². The number of hydrogen-bond donors (Lipinski definition) is 2. The molecule has 0 fully saturated rings. The minimum Gasteiger partial charge on any atom is -0.374 e. The van der Waals surface area contributed by atoms with Crippen molar-refractivity contribution in [3.05, 3.63) is 36.7 Å². The second kappa shape index (κ2) is 10.7. The summed E-state index contributed by atoms with van der Waals surface area (Å²) in [6, 6.07) is 8.21. The Labute approximate surface area is 156 Å². The van der Waals surface area contributed by atoms with E-state index in [0.717, 1.165) is 57.1 Å². The zero-order valence-electron chi connectivity index (χ0n) is 16.4. The van der Waals surface area contributed by atoms with Gasteiger partial charge in [-0.2, -0.15) is 0 Å². The third kappa shape index (κ3) is 5.93. The van der Waals surface area contributed by atoms with E-state index in [1.807, 2.05) is 37.0 Å². The first-order chi connectivity index (χ1) is 12.7. The molecule has 0 spiro atoms. The molecule has 0 saturated carbocycles. The summed E-state index contributed by atoms with van der Waals surface area (Å²) >= 11 is 0. The van der Waals surface area contributed by atoms with Crippen LogP contribution in [0.25, 0.3) is 0 Å². The van der Waals surface area contributed by atoms with Crippen LogP contribution in [-0.2, 0) is 13.6 Å². The van der Waals surface area contributed by atoms with Crippen molar-refractivity contribution in [3.8, 4) is 0 Å². The van der Waals surface area contributed by atoms with Gasteiger partial charge in [-0.25, -0.2) is 9.13 Å². The van der Waals surface area contributed by atoms with Gasteiger partial charge in [-0.05, 0) is 50.7 Å². The molecule has 0 aliphatic rings. The number of nitrogens with zero attached hydrogens (tertiary/aromatic N) is 5. The maximum Gasteiger partial charge on any atom is 0.421 e. The van der Waals surface area contributed by atoms with Crippen LogP contribution >= 0.6 is 0 Å². The van der Waals surface area contributed by atoms with E-state index in [9.17, 15) is 0 Å². The van der Waals surface area contributed by atoms with Gasteiger partial charge in [-0.15, -0.1) is 0 Å². The van der Waals surface area contributed by atoms with Gasteiger partial charge < -0.3 is 16.0 Å². The van der Waals surface area contributed by atoms with Crippen molar-refractivity contribution >= 4 is 17.3 Å². The topological polar surface area (TPSA) is 76.4 Å². The SMILES string of the molecule is CNCCCCn1cc[n+](C)c1N=Nc1ccc(N(C)CCC[NH3+])cc1. The highest BCUT2D eigenvalue weighted by molar-refractivity contribution is 5.52. The minimum absolute atomic E-state index is 0.863. The van der Waals surface area contributed by atoms with Gasteiger partial charge in [-0.1, -0.05) is 5.11 Å². The van der Waals surface area contributed by atoms with E-state index in [4.69, 9.17) is 0 Å². The number of aromatic nitrogens is 2. The molecule has 0 atom stereocenters. The minimum atomic E-state index is 0.863. The predicted molar refractivity (Wildman–Crippen MR) is 105 cm³/mol. The summed E-state index contributed by atoms with van der Waals surface area (Å²) in [5.74, 6) is 0.867. The van der Waals surface area contributed by atoms with Gasteiger partial charge in [0.1, 0.15) is 5.69 Å². The highest BCUT2D eigenvalue weighted by Gasteiger charge is 2.14. The van der Waals surface area contributed by atoms with E-state index in [1.54, 1.807) is 0 Å². The molecule has 0 unspecified atom stereocenters. The van der Waals surface area contributed by atoms with Crippen molar-refractivity contribution in [2.75, 3.05) is 38.6 Å². The first-order valence-corrected chi connectivity index (χ1v) is 9.37. The third-order valence-electron chi connectivity index (χ3n) is 4.41. The zero-order valence-corrected chi connectivity index (χ0v) is 16.4. The number of imidazole rings is 1. The smallest absolute Gasteiger partial charge is 0.374 e. The summed E-state index contributed by atoms with van der Waals surface area (Å²) < 4.78 is 4.16. The van der Waals surface area contributed by atoms with Crippen molar-refractivity contribution < 1.29 is 10.3 Å². The zero-order chi connectivity index (χ0) is 18.8. The van der Waals surface area contributed by atoms with Gasteiger partial charge in [0.15, 0.2) is 0 Å². The standard InChI is InChI=1S/C19H32N7/c1-21-12-4-5-14-26-16-15-25(3)19(26)23-22-17-7-9-18(10-8-17)24(2)13-6-11-20/h7-10,15-16,21H,4-6,11-14,20H2,1-3H3/q+1/p+1. The normalized spacial score (nSPS) is 11.4. The molecule has 7 heteroatoms. The number of rotatable bonds is 11. The largest absolute Gasteiger partial charge is 0.421 e. The number of anilines is 1. The van der Waals surface area contributed by atoms with Crippen LogP contribution < -0.4 is 20.5 Å². The summed E-state index contributed by atoms with van der Waals surface area (Å²) in [5.41, 5.74) is 5.95. The molecule has 0 amide bonds. The average Bonchev–Trinajstić information content (AvgIpc) is 3.01. The quantitative estimate of drug-likeness (QED) is 0.365. The second-order valence-electron chi connectivity index (χ2n) is 6.56. The van der Waals surface area contributed by atoms with E-state index in [-0.39, 0.29) is 0 Å². The average molecular weight is 360 g/mol. The number of quaternary nitrogens is 1. The second-order valence-corrected chi connectivity index (χ2v) is 6.56. The third-order valence-corrected chi connectivity index (χ3v) is 4.41. The summed E-state index contributed by atoms with van der Waals surface area (Å²) in [7, 11) is 6.09. The molecule has 2 aromatic rings. The van der Waals surface area contributed by atoms with Gasteiger partial charge in [0.05, 0.1) is 32.5 Å². The molecule has 142 valence electrons. The Bertz CT molecular complexity index is 676. The molecule has 0 aliphatic heterocycles. The van der Waals surface area contributed by atoms with Crippen molar-refractivity contribution in [2.45, 2.75) is 25.8 Å². The number of nitrogens with one attached hydrogen (secondary N) is 1. The number of aryl methyl sites for hydroxylation is 2. The summed E-state index contributed by atoms with van der Waals surface area (Å²) in [6.45, 7) is 3.97.